The molecule has 84 valence electrons. The average Bonchev–Trinajstić information content (AvgIpc) is 2.76. The molecule has 4 nitrogen and oxygen atoms in total. The molecule has 0 aliphatic rings. The summed E-state index contributed by atoms with van der Waals surface area (Å²) in [6.45, 7) is 1.44. The number of hydrogen-bond donors (Lipinski definition) is 1. The van der Waals surface area contributed by atoms with Gasteiger partial charge in [0, 0.05) is 24.6 Å². The Morgan fingerprint density at radius 2 is 2.00 bits per heavy atom. The lowest BCUT2D eigenvalue weighted by Gasteiger charge is -1.99. The summed E-state index contributed by atoms with van der Waals surface area (Å²) in [5, 5.41) is 4.26. The monoisotopic (exact) mass is 217 g/mol. The van der Waals surface area contributed by atoms with Crippen molar-refractivity contribution >= 4 is 5.69 Å². The van der Waals surface area contributed by atoms with Crippen molar-refractivity contribution in [2.75, 3.05) is 19.5 Å². The van der Waals surface area contributed by atoms with Gasteiger partial charge in [0.2, 0.25) is 0 Å². The molecular weight excluding hydrogens is 202 g/mol. The second kappa shape index (κ2) is 4.81. The van der Waals surface area contributed by atoms with Gasteiger partial charge in [-0.15, -0.1) is 0 Å². The number of nitrogen functional groups attached to an aromatic ring is 1. The summed E-state index contributed by atoms with van der Waals surface area (Å²) in [5.41, 5.74) is 8.63. The van der Waals surface area contributed by atoms with Gasteiger partial charge < -0.3 is 10.5 Å². The largest absolute Gasteiger partial charge is 0.399 e. The van der Waals surface area contributed by atoms with Crippen LogP contribution in [0.25, 0.3) is 11.1 Å². The molecule has 0 radical (unpaired) electrons. The number of rotatable bonds is 4. The van der Waals surface area contributed by atoms with Crippen molar-refractivity contribution in [3.8, 4) is 11.1 Å². The van der Waals surface area contributed by atoms with Crippen molar-refractivity contribution in [3.63, 3.8) is 0 Å². The molecule has 0 aliphatic heterocycles. The highest BCUT2D eigenvalue weighted by molar-refractivity contribution is 5.63. The molecule has 1 heterocycles. The Kier molecular flexibility index (Phi) is 3.22. The first kappa shape index (κ1) is 10.7. The first-order valence-corrected chi connectivity index (χ1v) is 5.17. The lowest BCUT2D eigenvalue weighted by atomic mass is 10.1. The predicted molar refractivity (Wildman–Crippen MR) is 64.0 cm³/mol. The molecule has 1 aromatic heterocycles. The highest BCUT2D eigenvalue weighted by Crippen LogP contribution is 2.19. The first-order chi connectivity index (χ1) is 7.79. The number of benzene rings is 1. The highest BCUT2D eigenvalue weighted by atomic mass is 16.5. The molecule has 0 unspecified atom stereocenters. The second-order valence-electron chi connectivity index (χ2n) is 3.61. The Bertz CT molecular complexity index is 448. The smallest absolute Gasteiger partial charge is 0.0658 e. The summed E-state index contributed by atoms with van der Waals surface area (Å²) in [6, 6.07) is 7.77. The maximum Gasteiger partial charge on any atom is 0.0658 e. The molecule has 0 saturated carbocycles. The molecule has 2 aromatic rings. The molecule has 0 aliphatic carbocycles. The van der Waals surface area contributed by atoms with E-state index in [1.807, 2.05) is 41.3 Å². The van der Waals surface area contributed by atoms with E-state index in [9.17, 15) is 0 Å². The summed E-state index contributed by atoms with van der Waals surface area (Å²) in [4.78, 5) is 0. The van der Waals surface area contributed by atoms with Gasteiger partial charge in [-0.1, -0.05) is 12.1 Å². The molecule has 2 N–H and O–H groups in total. The summed E-state index contributed by atoms with van der Waals surface area (Å²) in [7, 11) is 1.68. The molecular formula is C12H15N3O. The maximum absolute atomic E-state index is 5.64. The fourth-order valence-corrected chi connectivity index (χ4v) is 1.50. The molecule has 0 bridgehead atoms. The third kappa shape index (κ3) is 2.41. The van der Waals surface area contributed by atoms with Gasteiger partial charge in [0.1, 0.15) is 0 Å². The van der Waals surface area contributed by atoms with Crippen molar-refractivity contribution in [1.82, 2.24) is 9.78 Å². The van der Waals surface area contributed by atoms with E-state index < -0.39 is 0 Å². The maximum atomic E-state index is 5.64. The van der Waals surface area contributed by atoms with Crippen LogP contribution in [-0.4, -0.2) is 23.5 Å². The van der Waals surface area contributed by atoms with Gasteiger partial charge in [-0.2, -0.15) is 5.10 Å². The van der Waals surface area contributed by atoms with Gasteiger partial charge in [0.05, 0.1) is 19.3 Å². The lowest BCUT2D eigenvalue weighted by molar-refractivity contribution is 0.183. The zero-order chi connectivity index (χ0) is 11.4. The van der Waals surface area contributed by atoms with E-state index in [1.165, 1.54) is 0 Å². The molecule has 4 heteroatoms. The van der Waals surface area contributed by atoms with E-state index in [1.54, 1.807) is 7.11 Å². The Hall–Kier alpha value is -1.81. The van der Waals surface area contributed by atoms with Crippen LogP contribution in [0, 0.1) is 0 Å². The topological polar surface area (TPSA) is 53.1 Å². The fourth-order valence-electron chi connectivity index (χ4n) is 1.50. The molecule has 1 aromatic carbocycles. The second-order valence-corrected chi connectivity index (χ2v) is 3.61. The molecule has 0 atom stereocenters. The summed E-state index contributed by atoms with van der Waals surface area (Å²) >= 11 is 0. The SMILES string of the molecule is COCCn1cc(-c2ccc(N)cc2)cn1. The van der Waals surface area contributed by atoms with Gasteiger partial charge >= 0.3 is 0 Å². The molecule has 0 amide bonds. The van der Waals surface area contributed by atoms with E-state index in [4.69, 9.17) is 10.5 Å². The van der Waals surface area contributed by atoms with Crippen molar-refractivity contribution in [2.45, 2.75) is 6.54 Å². The van der Waals surface area contributed by atoms with Gasteiger partial charge in [0.25, 0.3) is 0 Å². The zero-order valence-electron chi connectivity index (χ0n) is 9.26. The van der Waals surface area contributed by atoms with Crippen LogP contribution in [0.2, 0.25) is 0 Å². The average molecular weight is 217 g/mol. The number of nitrogens with two attached hydrogens (primary N) is 1. The van der Waals surface area contributed by atoms with Crippen molar-refractivity contribution in [1.29, 1.82) is 0 Å². The zero-order valence-corrected chi connectivity index (χ0v) is 9.26. The third-order valence-corrected chi connectivity index (χ3v) is 2.40. The van der Waals surface area contributed by atoms with Crippen molar-refractivity contribution in [3.05, 3.63) is 36.7 Å². The third-order valence-electron chi connectivity index (χ3n) is 2.40. The van der Waals surface area contributed by atoms with Crippen LogP contribution >= 0.6 is 0 Å². The molecule has 0 saturated heterocycles. The van der Waals surface area contributed by atoms with Crippen molar-refractivity contribution < 1.29 is 4.74 Å². The minimum Gasteiger partial charge on any atom is -0.399 e. The summed E-state index contributed by atoms with van der Waals surface area (Å²) in [5.74, 6) is 0. The van der Waals surface area contributed by atoms with E-state index in [0.717, 1.165) is 23.4 Å². The number of methoxy groups -OCH3 is 1. The molecule has 16 heavy (non-hydrogen) atoms. The normalized spacial score (nSPS) is 10.6. The number of nitrogens with zero attached hydrogens (tertiary/aromatic N) is 2. The van der Waals surface area contributed by atoms with Crippen molar-refractivity contribution in [2.24, 2.45) is 0 Å². The van der Waals surface area contributed by atoms with E-state index in [-0.39, 0.29) is 0 Å². The lowest BCUT2D eigenvalue weighted by Crippen LogP contribution is -2.03. The van der Waals surface area contributed by atoms with Crippen LogP contribution in [0.3, 0.4) is 0 Å². The summed E-state index contributed by atoms with van der Waals surface area (Å²) in [6.07, 6.45) is 3.85. The van der Waals surface area contributed by atoms with E-state index in [2.05, 4.69) is 5.10 Å². The Labute approximate surface area is 94.6 Å². The quantitative estimate of drug-likeness (QED) is 0.794. The van der Waals surface area contributed by atoms with Gasteiger partial charge in [0.15, 0.2) is 0 Å². The minimum absolute atomic E-state index is 0.670. The van der Waals surface area contributed by atoms with Gasteiger partial charge in [-0.25, -0.2) is 0 Å². The predicted octanol–water partition coefficient (Wildman–Crippen LogP) is 1.78. The molecule has 0 fully saturated rings. The van der Waals surface area contributed by atoms with Crippen LogP contribution in [-0.2, 0) is 11.3 Å². The number of anilines is 1. The van der Waals surface area contributed by atoms with Gasteiger partial charge in [-0.05, 0) is 17.7 Å². The van der Waals surface area contributed by atoms with Crippen LogP contribution < -0.4 is 5.73 Å². The molecule has 0 spiro atoms. The van der Waals surface area contributed by atoms with Crippen LogP contribution in [0.15, 0.2) is 36.7 Å². The number of hydrogen-bond acceptors (Lipinski definition) is 3. The number of aromatic nitrogens is 2. The standard InChI is InChI=1S/C12H15N3O/c1-16-7-6-15-9-11(8-14-15)10-2-4-12(13)5-3-10/h2-5,8-9H,6-7,13H2,1H3. The Morgan fingerprint density at radius 1 is 1.25 bits per heavy atom. The highest BCUT2D eigenvalue weighted by Gasteiger charge is 2.01. The van der Waals surface area contributed by atoms with Gasteiger partial charge in [-0.3, -0.25) is 4.68 Å². The number of ether oxygens (including phenoxy) is 1. The minimum atomic E-state index is 0.670. The Balaban J connectivity index is 2.15. The summed E-state index contributed by atoms with van der Waals surface area (Å²) < 4.78 is 6.87. The fraction of sp³-hybridized carbons (Fsp3) is 0.250. The van der Waals surface area contributed by atoms with Crippen LogP contribution in [0.1, 0.15) is 0 Å². The van der Waals surface area contributed by atoms with Crippen LogP contribution in [0.5, 0.6) is 0 Å². The Morgan fingerprint density at radius 3 is 2.69 bits per heavy atom. The molecule has 2 rings (SSSR count). The first-order valence-electron chi connectivity index (χ1n) is 5.17. The van der Waals surface area contributed by atoms with E-state index in [0.29, 0.717) is 6.61 Å². The van der Waals surface area contributed by atoms with E-state index >= 15 is 0 Å². The van der Waals surface area contributed by atoms with Crippen LogP contribution in [0.4, 0.5) is 5.69 Å².